The van der Waals surface area contributed by atoms with Gasteiger partial charge in [0.05, 0.1) is 11.3 Å². The number of anilines is 1. The Morgan fingerprint density at radius 2 is 1.90 bits per heavy atom. The molecular weight excluding hydrogens is 270 g/mol. The van der Waals surface area contributed by atoms with Crippen LogP contribution in [0.3, 0.4) is 0 Å². The molecule has 106 valence electrons. The number of aromatic hydroxyl groups is 1. The van der Waals surface area contributed by atoms with Crippen molar-refractivity contribution in [3.8, 4) is 23.0 Å². The molecule has 0 spiro atoms. The molecule has 0 bridgehead atoms. The fraction of sp³-hybridized carbons (Fsp3) is 0.0667. The number of ether oxygens (including phenoxy) is 1. The van der Waals surface area contributed by atoms with Gasteiger partial charge in [-0.25, -0.2) is 0 Å². The van der Waals surface area contributed by atoms with Gasteiger partial charge in [-0.05, 0) is 24.3 Å². The lowest BCUT2D eigenvalue weighted by atomic mass is 10.2. The maximum Gasteiger partial charge on any atom is 0.261 e. The van der Waals surface area contributed by atoms with Crippen LogP contribution in [0, 0.1) is 0 Å². The van der Waals surface area contributed by atoms with E-state index in [-0.39, 0.29) is 23.9 Å². The lowest BCUT2D eigenvalue weighted by Gasteiger charge is -2.02. The second-order valence-electron chi connectivity index (χ2n) is 4.36. The van der Waals surface area contributed by atoms with Crippen molar-refractivity contribution in [2.45, 2.75) is 6.61 Å². The van der Waals surface area contributed by atoms with E-state index in [4.69, 9.17) is 15.0 Å². The van der Waals surface area contributed by atoms with Crippen molar-refractivity contribution in [3.05, 3.63) is 54.4 Å². The van der Waals surface area contributed by atoms with E-state index in [0.717, 1.165) is 5.75 Å². The Morgan fingerprint density at radius 1 is 1.10 bits per heavy atom. The van der Waals surface area contributed by atoms with E-state index in [9.17, 15) is 5.11 Å². The Kier molecular flexibility index (Phi) is 3.42. The molecule has 0 unspecified atom stereocenters. The Hall–Kier alpha value is -3.02. The van der Waals surface area contributed by atoms with Gasteiger partial charge in [-0.15, -0.1) is 0 Å². The number of hydrogen-bond donors (Lipinski definition) is 2. The third-order valence-corrected chi connectivity index (χ3v) is 2.88. The standard InChI is InChI=1S/C15H13N3O3/c16-12-8-4-7-11(14(12)19)15-17-13(18-21-15)9-20-10-5-2-1-3-6-10/h1-8,19H,9,16H2. The highest BCUT2D eigenvalue weighted by atomic mass is 16.5. The fourth-order valence-corrected chi connectivity index (χ4v) is 1.82. The molecule has 0 radical (unpaired) electrons. The maximum absolute atomic E-state index is 9.88. The molecule has 0 saturated heterocycles. The first-order valence-electron chi connectivity index (χ1n) is 6.32. The molecule has 0 fully saturated rings. The summed E-state index contributed by atoms with van der Waals surface area (Å²) in [5, 5.41) is 13.7. The zero-order chi connectivity index (χ0) is 14.7. The van der Waals surface area contributed by atoms with E-state index < -0.39 is 0 Å². The summed E-state index contributed by atoms with van der Waals surface area (Å²) in [6.45, 7) is 0.177. The van der Waals surface area contributed by atoms with Crippen LogP contribution in [0.25, 0.3) is 11.5 Å². The van der Waals surface area contributed by atoms with Crippen molar-refractivity contribution >= 4 is 5.69 Å². The number of aromatic nitrogens is 2. The summed E-state index contributed by atoms with van der Waals surface area (Å²) in [6.07, 6.45) is 0. The SMILES string of the molecule is Nc1cccc(-c2nc(COc3ccccc3)no2)c1O. The highest BCUT2D eigenvalue weighted by Gasteiger charge is 2.14. The summed E-state index contributed by atoms with van der Waals surface area (Å²) in [7, 11) is 0. The number of rotatable bonds is 4. The number of nitrogens with zero attached hydrogens (tertiary/aromatic N) is 2. The lowest BCUT2D eigenvalue weighted by molar-refractivity contribution is 0.287. The Balaban J connectivity index is 1.76. The summed E-state index contributed by atoms with van der Waals surface area (Å²) >= 11 is 0. The molecule has 6 nitrogen and oxygen atoms in total. The van der Waals surface area contributed by atoms with Crippen LogP contribution in [-0.2, 0) is 6.61 Å². The molecule has 0 aliphatic rings. The molecule has 1 heterocycles. The average Bonchev–Trinajstić information content (AvgIpc) is 2.98. The van der Waals surface area contributed by atoms with Gasteiger partial charge in [0.15, 0.2) is 12.4 Å². The molecule has 3 aromatic rings. The Labute approximate surface area is 120 Å². The minimum Gasteiger partial charge on any atom is -0.505 e. The maximum atomic E-state index is 9.88. The second kappa shape index (κ2) is 5.54. The summed E-state index contributed by atoms with van der Waals surface area (Å²) < 4.78 is 10.6. The van der Waals surface area contributed by atoms with Crippen molar-refractivity contribution in [2.24, 2.45) is 0 Å². The normalized spacial score (nSPS) is 10.5. The first-order valence-corrected chi connectivity index (χ1v) is 6.32. The summed E-state index contributed by atoms with van der Waals surface area (Å²) in [4.78, 5) is 4.18. The second-order valence-corrected chi connectivity index (χ2v) is 4.36. The first-order chi connectivity index (χ1) is 10.2. The highest BCUT2D eigenvalue weighted by molar-refractivity contribution is 5.71. The number of phenols is 1. The van der Waals surface area contributed by atoms with Gasteiger partial charge in [0.1, 0.15) is 5.75 Å². The molecular formula is C15H13N3O3. The fourth-order valence-electron chi connectivity index (χ4n) is 1.82. The van der Waals surface area contributed by atoms with Crippen molar-refractivity contribution in [3.63, 3.8) is 0 Å². The molecule has 0 amide bonds. The van der Waals surface area contributed by atoms with E-state index in [2.05, 4.69) is 10.1 Å². The predicted molar refractivity (Wildman–Crippen MR) is 76.6 cm³/mol. The smallest absolute Gasteiger partial charge is 0.261 e. The molecule has 0 aliphatic carbocycles. The van der Waals surface area contributed by atoms with E-state index in [1.807, 2.05) is 30.3 Å². The minimum atomic E-state index is -0.0725. The number of para-hydroxylation sites is 2. The van der Waals surface area contributed by atoms with E-state index in [1.54, 1.807) is 18.2 Å². The monoisotopic (exact) mass is 283 g/mol. The molecule has 6 heteroatoms. The van der Waals surface area contributed by atoms with Gasteiger partial charge in [-0.1, -0.05) is 29.4 Å². The zero-order valence-corrected chi connectivity index (χ0v) is 11.1. The Morgan fingerprint density at radius 3 is 2.71 bits per heavy atom. The van der Waals surface area contributed by atoms with Crippen molar-refractivity contribution < 1.29 is 14.4 Å². The average molecular weight is 283 g/mol. The topological polar surface area (TPSA) is 94.4 Å². The van der Waals surface area contributed by atoms with Crippen LogP contribution >= 0.6 is 0 Å². The molecule has 3 N–H and O–H groups in total. The Bertz CT molecular complexity index is 741. The van der Waals surface area contributed by atoms with Gasteiger partial charge < -0.3 is 20.1 Å². The third kappa shape index (κ3) is 2.79. The molecule has 1 aromatic heterocycles. The van der Waals surface area contributed by atoms with Gasteiger partial charge in [-0.3, -0.25) is 0 Å². The van der Waals surface area contributed by atoms with Gasteiger partial charge in [0, 0.05) is 0 Å². The molecule has 2 aromatic carbocycles. The van der Waals surface area contributed by atoms with Crippen LogP contribution in [0.1, 0.15) is 5.82 Å². The highest BCUT2D eigenvalue weighted by Crippen LogP contribution is 2.32. The molecule has 21 heavy (non-hydrogen) atoms. The summed E-state index contributed by atoms with van der Waals surface area (Å²) in [6, 6.07) is 14.3. The number of nitrogen functional groups attached to an aromatic ring is 1. The van der Waals surface area contributed by atoms with Crippen LogP contribution in [-0.4, -0.2) is 15.2 Å². The molecule has 3 rings (SSSR count). The van der Waals surface area contributed by atoms with Crippen LogP contribution in [0.4, 0.5) is 5.69 Å². The third-order valence-electron chi connectivity index (χ3n) is 2.88. The van der Waals surface area contributed by atoms with Crippen LogP contribution in [0.2, 0.25) is 0 Å². The van der Waals surface area contributed by atoms with E-state index >= 15 is 0 Å². The largest absolute Gasteiger partial charge is 0.505 e. The van der Waals surface area contributed by atoms with Crippen molar-refractivity contribution in [1.29, 1.82) is 0 Å². The molecule has 0 saturated carbocycles. The van der Waals surface area contributed by atoms with Crippen molar-refractivity contribution in [2.75, 3.05) is 5.73 Å². The lowest BCUT2D eigenvalue weighted by Crippen LogP contribution is -1.97. The van der Waals surface area contributed by atoms with Gasteiger partial charge in [0.2, 0.25) is 5.82 Å². The quantitative estimate of drug-likeness (QED) is 0.564. The number of hydrogen-bond acceptors (Lipinski definition) is 6. The predicted octanol–water partition coefficient (Wildman–Crippen LogP) is 2.60. The first kappa shape index (κ1) is 13.0. The van der Waals surface area contributed by atoms with Gasteiger partial charge >= 0.3 is 0 Å². The van der Waals surface area contributed by atoms with Crippen LogP contribution in [0.15, 0.2) is 53.1 Å². The number of phenolic OH excluding ortho intramolecular Hbond substituents is 1. The minimum absolute atomic E-state index is 0.0725. The van der Waals surface area contributed by atoms with Crippen molar-refractivity contribution in [1.82, 2.24) is 10.1 Å². The van der Waals surface area contributed by atoms with Crippen LogP contribution in [0.5, 0.6) is 11.5 Å². The number of benzene rings is 2. The van der Waals surface area contributed by atoms with Gasteiger partial charge in [-0.2, -0.15) is 4.98 Å². The molecule has 0 atom stereocenters. The molecule has 0 aliphatic heterocycles. The summed E-state index contributed by atoms with van der Waals surface area (Å²) in [5.41, 5.74) is 6.29. The van der Waals surface area contributed by atoms with E-state index in [1.165, 1.54) is 0 Å². The van der Waals surface area contributed by atoms with E-state index in [0.29, 0.717) is 11.4 Å². The van der Waals surface area contributed by atoms with Gasteiger partial charge in [0.25, 0.3) is 5.89 Å². The summed E-state index contributed by atoms with van der Waals surface area (Å²) in [5.74, 6) is 1.23. The van der Waals surface area contributed by atoms with Crippen LogP contribution < -0.4 is 10.5 Å². The number of nitrogens with two attached hydrogens (primary N) is 1. The zero-order valence-electron chi connectivity index (χ0n) is 11.1.